The lowest BCUT2D eigenvalue weighted by molar-refractivity contribution is -0.124. The number of hydrogen-bond acceptors (Lipinski definition) is 9. The van der Waals surface area contributed by atoms with Gasteiger partial charge in [0.25, 0.3) is 19.4 Å². The van der Waals surface area contributed by atoms with Crippen molar-refractivity contribution in [2.24, 2.45) is 0 Å². The van der Waals surface area contributed by atoms with Crippen molar-refractivity contribution in [2.45, 2.75) is 57.8 Å². The Morgan fingerprint density at radius 3 is 1.25 bits per heavy atom. The van der Waals surface area contributed by atoms with E-state index in [1.807, 2.05) is 12.1 Å². The van der Waals surface area contributed by atoms with Crippen molar-refractivity contribution in [1.82, 2.24) is 15.0 Å². The van der Waals surface area contributed by atoms with E-state index in [9.17, 15) is 14.4 Å². The lowest BCUT2D eigenvalue weighted by atomic mass is 9.89. The molecule has 0 bridgehead atoms. The Hall–Kier alpha value is -5.70. The zero-order chi connectivity index (χ0) is 33.1. The van der Waals surface area contributed by atoms with Crippen molar-refractivity contribution in [2.75, 3.05) is 0 Å². The molecule has 6 rings (SSSR count). The van der Waals surface area contributed by atoms with Crippen LogP contribution in [0.4, 0.5) is 0 Å². The third kappa shape index (κ3) is 7.98. The van der Waals surface area contributed by atoms with Crippen LogP contribution in [0, 0.1) is 0 Å². The van der Waals surface area contributed by atoms with Crippen molar-refractivity contribution in [3.8, 4) is 22.8 Å². The van der Waals surface area contributed by atoms with Gasteiger partial charge in [0.15, 0.2) is 0 Å². The SMILES string of the molecule is O=CO/C=C1/C=C(c2ccnc(-c3cc(C4=C/C(=C/OC=O)CCC4)cc(-c4cc(C5=C/C(=C/OC=O)CCC5)ccn4)n3)c2)CCC1. The van der Waals surface area contributed by atoms with Crippen molar-refractivity contribution in [1.29, 1.82) is 0 Å². The van der Waals surface area contributed by atoms with E-state index in [1.165, 1.54) is 18.8 Å². The third-order valence-corrected chi connectivity index (χ3v) is 8.62. The van der Waals surface area contributed by atoms with Gasteiger partial charge in [0.1, 0.15) is 0 Å². The molecule has 3 aromatic heterocycles. The molecule has 0 fully saturated rings. The van der Waals surface area contributed by atoms with E-state index < -0.39 is 0 Å². The standard InChI is InChI=1S/C39H35N3O6/c43-24-46-21-27-4-1-7-30(14-27)33-10-12-40-36(17-33)38-19-35(32-9-3-6-29(16-32)23-48-26-45)20-39(42-38)37-18-34(11-13-41-37)31-8-2-5-28(15-31)22-47-25-44/h10-26H,1-9H2/b27-21+,28-22+,29-23+. The molecule has 0 amide bonds. The number of allylic oxidation sites excluding steroid dienone is 9. The van der Waals surface area contributed by atoms with Gasteiger partial charge in [-0.15, -0.1) is 0 Å². The third-order valence-electron chi connectivity index (χ3n) is 8.62. The quantitative estimate of drug-likeness (QED) is 0.116. The highest BCUT2D eigenvalue weighted by molar-refractivity contribution is 5.79. The van der Waals surface area contributed by atoms with Crippen molar-refractivity contribution in [3.05, 3.63) is 119 Å². The molecular weight excluding hydrogens is 606 g/mol. The summed E-state index contributed by atoms with van der Waals surface area (Å²) >= 11 is 0. The highest BCUT2D eigenvalue weighted by Gasteiger charge is 2.18. The second-order valence-electron chi connectivity index (χ2n) is 11.8. The first kappa shape index (κ1) is 32.2. The summed E-state index contributed by atoms with van der Waals surface area (Å²) in [7, 11) is 0. The second-order valence-corrected chi connectivity index (χ2v) is 11.8. The molecule has 3 heterocycles. The number of aromatic nitrogens is 3. The van der Waals surface area contributed by atoms with E-state index in [1.54, 1.807) is 12.4 Å². The van der Waals surface area contributed by atoms with Crippen LogP contribution in [0.3, 0.4) is 0 Å². The van der Waals surface area contributed by atoms with E-state index >= 15 is 0 Å². The van der Waals surface area contributed by atoms with Gasteiger partial charge in [-0.3, -0.25) is 24.4 Å². The molecule has 3 aliphatic rings. The maximum Gasteiger partial charge on any atom is 0.297 e. The molecule has 9 nitrogen and oxygen atoms in total. The molecular formula is C39H35N3O6. The predicted octanol–water partition coefficient (Wildman–Crippen LogP) is 8.08. The first-order valence-electron chi connectivity index (χ1n) is 16.1. The van der Waals surface area contributed by atoms with E-state index in [2.05, 4.69) is 42.5 Å². The fourth-order valence-electron chi connectivity index (χ4n) is 6.38. The number of carbonyl (C=O) groups excluding carboxylic acids is 3. The normalized spacial score (nSPS) is 18.8. The summed E-state index contributed by atoms with van der Waals surface area (Å²) in [5.41, 5.74) is 12.2. The molecule has 0 saturated heterocycles. The molecule has 0 spiro atoms. The lowest BCUT2D eigenvalue weighted by Gasteiger charge is -2.18. The fourth-order valence-corrected chi connectivity index (χ4v) is 6.38. The van der Waals surface area contributed by atoms with E-state index in [4.69, 9.17) is 29.2 Å². The lowest BCUT2D eigenvalue weighted by Crippen LogP contribution is -2.01. The Morgan fingerprint density at radius 1 is 0.479 bits per heavy atom. The molecule has 0 N–H and O–H groups in total. The molecule has 3 aliphatic carbocycles. The summed E-state index contributed by atoms with van der Waals surface area (Å²) in [6.45, 7) is 1.30. The number of ether oxygens (including phenoxy) is 3. The predicted molar refractivity (Wildman–Crippen MR) is 182 cm³/mol. The summed E-state index contributed by atoms with van der Waals surface area (Å²) < 4.78 is 14.8. The number of rotatable bonds is 11. The Balaban J connectivity index is 1.43. The van der Waals surface area contributed by atoms with Gasteiger partial charge in [-0.05, 0) is 144 Å². The van der Waals surface area contributed by atoms with Crippen molar-refractivity contribution >= 4 is 36.1 Å². The molecule has 0 aliphatic heterocycles. The number of hydrogen-bond donors (Lipinski definition) is 0. The highest BCUT2D eigenvalue weighted by Crippen LogP contribution is 2.36. The van der Waals surface area contributed by atoms with Crippen molar-refractivity contribution < 1.29 is 28.6 Å². The summed E-state index contributed by atoms with van der Waals surface area (Å²) in [6, 6.07) is 12.2. The molecule has 0 atom stereocenters. The van der Waals surface area contributed by atoms with E-state index in [0.717, 1.165) is 119 Å². The van der Waals surface area contributed by atoms with Crippen LogP contribution in [0.1, 0.15) is 74.5 Å². The molecule has 0 aromatic carbocycles. The first-order valence-corrected chi connectivity index (χ1v) is 16.1. The average molecular weight is 642 g/mol. The smallest absolute Gasteiger partial charge is 0.297 e. The Morgan fingerprint density at radius 2 is 0.854 bits per heavy atom. The maximum atomic E-state index is 10.9. The summed E-state index contributed by atoms with van der Waals surface area (Å²) in [6.07, 6.45) is 22.3. The van der Waals surface area contributed by atoms with Gasteiger partial charge < -0.3 is 14.2 Å². The van der Waals surface area contributed by atoms with Crippen LogP contribution < -0.4 is 0 Å². The number of carbonyl (C=O) groups is 3. The Bertz CT molecular complexity index is 1790. The fraction of sp³-hybridized carbons (Fsp3) is 0.231. The number of pyridine rings is 3. The Kier molecular flexibility index (Phi) is 10.6. The van der Waals surface area contributed by atoms with Crippen LogP contribution in [0.25, 0.3) is 39.5 Å². The molecule has 0 radical (unpaired) electrons. The molecule has 0 saturated carbocycles. The van der Waals surface area contributed by atoms with Gasteiger partial charge in [0.05, 0.1) is 41.6 Å². The molecule has 3 aromatic rings. The van der Waals surface area contributed by atoms with Gasteiger partial charge in [0, 0.05) is 12.4 Å². The zero-order valence-corrected chi connectivity index (χ0v) is 26.5. The van der Waals surface area contributed by atoms with Crippen molar-refractivity contribution in [3.63, 3.8) is 0 Å². The summed E-state index contributed by atoms with van der Waals surface area (Å²) in [4.78, 5) is 46.9. The average Bonchev–Trinajstić information content (AvgIpc) is 3.15. The molecule has 48 heavy (non-hydrogen) atoms. The summed E-state index contributed by atoms with van der Waals surface area (Å²) in [5, 5.41) is 0. The van der Waals surface area contributed by atoms with Gasteiger partial charge in [0.2, 0.25) is 0 Å². The summed E-state index contributed by atoms with van der Waals surface area (Å²) in [5.74, 6) is 0. The second kappa shape index (κ2) is 15.7. The Labute approximate surface area is 279 Å². The van der Waals surface area contributed by atoms with Gasteiger partial charge in [-0.1, -0.05) is 18.2 Å². The number of nitrogens with zero attached hydrogens (tertiary/aromatic N) is 3. The van der Waals surface area contributed by atoms with Gasteiger partial charge in [-0.25, -0.2) is 4.98 Å². The minimum Gasteiger partial charge on any atom is -0.436 e. The largest absolute Gasteiger partial charge is 0.436 e. The van der Waals surface area contributed by atoms with Crippen LogP contribution in [0.15, 0.2) is 103 Å². The monoisotopic (exact) mass is 641 g/mol. The van der Waals surface area contributed by atoms with E-state index in [0.29, 0.717) is 30.8 Å². The van der Waals surface area contributed by atoms with Crippen LogP contribution in [0.2, 0.25) is 0 Å². The minimum absolute atomic E-state index is 0.431. The minimum atomic E-state index is 0.431. The van der Waals surface area contributed by atoms with E-state index in [-0.39, 0.29) is 0 Å². The maximum absolute atomic E-state index is 10.9. The molecule has 0 unspecified atom stereocenters. The van der Waals surface area contributed by atoms with Crippen LogP contribution in [0.5, 0.6) is 0 Å². The zero-order valence-electron chi connectivity index (χ0n) is 26.5. The first-order chi connectivity index (χ1) is 23.6. The van der Waals surface area contributed by atoms with Crippen LogP contribution in [-0.2, 0) is 28.6 Å². The molecule has 242 valence electrons. The van der Waals surface area contributed by atoms with Crippen LogP contribution in [-0.4, -0.2) is 34.4 Å². The van der Waals surface area contributed by atoms with Gasteiger partial charge in [-0.2, -0.15) is 0 Å². The van der Waals surface area contributed by atoms with Crippen LogP contribution >= 0.6 is 0 Å². The topological polar surface area (TPSA) is 118 Å². The highest BCUT2D eigenvalue weighted by atomic mass is 16.5. The molecule has 9 heteroatoms. The van der Waals surface area contributed by atoms with Gasteiger partial charge >= 0.3 is 0 Å².